The van der Waals surface area contributed by atoms with E-state index in [9.17, 15) is 8.42 Å². The third-order valence-corrected chi connectivity index (χ3v) is 7.97. The van der Waals surface area contributed by atoms with E-state index in [0.717, 1.165) is 23.4 Å². The van der Waals surface area contributed by atoms with Crippen LogP contribution in [-0.2, 0) is 10.0 Å². The van der Waals surface area contributed by atoms with Gasteiger partial charge in [-0.25, -0.2) is 8.42 Å². The molecular formula is C28H30N2O4S. The molecule has 0 fully saturated rings. The van der Waals surface area contributed by atoms with E-state index in [-0.39, 0.29) is 23.0 Å². The second-order valence-electron chi connectivity index (χ2n) is 9.27. The number of anilines is 2. The summed E-state index contributed by atoms with van der Waals surface area (Å²) in [6.07, 6.45) is 5.47. The Kier molecular flexibility index (Phi) is 6.19. The molecule has 3 aromatic rings. The molecule has 6 nitrogen and oxygen atoms in total. The van der Waals surface area contributed by atoms with Crippen molar-refractivity contribution in [1.82, 2.24) is 0 Å². The zero-order valence-electron chi connectivity index (χ0n) is 20.1. The van der Waals surface area contributed by atoms with Crippen molar-refractivity contribution in [3.05, 3.63) is 90.0 Å². The standard InChI is InChI=1S/C28H30N2O4S/c1-18(2)34-20-13-11-19(12-14-20)28-23-8-6-7-22(23)24-17-21(15-16-25(24)29-28)35(31,32)30-26-9-4-5-10-27(26)33-3/h4-7,9-18,22-23,28-30H,8H2,1-3H3/t22-,23+,28+/m0/s1. The maximum absolute atomic E-state index is 13.2. The van der Waals surface area contributed by atoms with Crippen LogP contribution in [0.2, 0.25) is 0 Å². The van der Waals surface area contributed by atoms with E-state index in [4.69, 9.17) is 9.47 Å². The molecule has 0 aromatic heterocycles. The highest BCUT2D eigenvalue weighted by molar-refractivity contribution is 7.92. The third-order valence-electron chi connectivity index (χ3n) is 6.61. The summed E-state index contributed by atoms with van der Waals surface area (Å²) in [6, 6.07) is 20.7. The van der Waals surface area contributed by atoms with Crippen LogP contribution < -0.4 is 19.5 Å². The number of methoxy groups -OCH3 is 1. The lowest BCUT2D eigenvalue weighted by molar-refractivity contribution is 0.242. The van der Waals surface area contributed by atoms with Gasteiger partial charge in [-0.1, -0.05) is 36.4 Å². The Morgan fingerprint density at radius 1 is 1.03 bits per heavy atom. The van der Waals surface area contributed by atoms with Gasteiger partial charge in [0.1, 0.15) is 11.5 Å². The number of allylic oxidation sites excluding steroid dienone is 2. The molecule has 35 heavy (non-hydrogen) atoms. The van der Waals surface area contributed by atoms with E-state index < -0.39 is 10.0 Å². The third kappa shape index (κ3) is 4.60. The van der Waals surface area contributed by atoms with Crippen LogP contribution >= 0.6 is 0 Å². The monoisotopic (exact) mass is 490 g/mol. The lowest BCUT2D eigenvalue weighted by Crippen LogP contribution is -2.29. The van der Waals surface area contributed by atoms with Gasteiger partial charge in [0.2, 0.25) is 0 Å². The number of hydrogen-bond donors (Lipinski definition) is 2. The van der Waals surface area contributed by atoms with Crippen LogP contribution in [0.25, 0.3) is 0 Å². The van der Waals surface area contributed by atoms with Gasteiger partial charge in [-0.05, 0) is 79.8 Å². The zero-order valence-corrected chi connectivity index (χ0v) is 20.9. The first-order valence-corrected chi connectivity index (χ1v) is 13.3. The quantitative estimate of drug-likeness (QED) is 0.391. The number of sulfonamides is 1. The van der Waals surface area contributed by atoms with Crippen molar-refractivity contribution in [3.63, 3.8) is 0 Å². The number of hydrogen-bond acceptors (Lipinski definition) is 5. The van der Waals surface area contributed by atoms with E-state index in [1.807, 2.05) is 32.0 Å². The number of para-hydroxylation sites is 2. The van der Waals surface area contributed by atoms with Gasteiger partial charge >= 0.3 is 0 Å². The molecule has 5 rings (SSSR count). The summed E-state index contributed by atoms with van der Waals surface area (Å²) >= 11 is 0. The molecule has 3 atom stereocenters. The molecule has 7 heteroatoms. The van der Waals surface area contributed by atoms with E-state index in [2.05, 4.69) is 34.3 Å². The molecule has 2 N–H and O–H groups in total. The van der Waals surface area contributed by atoms with Gasteiger partial charge in [-0.15, -0.1) is 0 Å². The van der Waals surface area contributed by atoms with Crippen molar-refractivity contribution in [2.24, 2.45) is 5.92 Å². The molecule has 182 valence electrons. The molecule has 1 heterocycles. The Morgan fingerprint density at radius 2 is 1.80 bits per heavy atom. The summed E-state index contributed by atoms with van der Waals surface area (Å²) in [5, 5.41) is 3.68. The first kappa shape index (κ1) is 23.3. The largest absolute Gasteiger partial charge is 0.495 e. The summed E-state index contributed by atoms with van der Waals surface area (Å²) in [5.74, 6) is 1.78. The first-order valence-electron chi connectivity index (χ1n) is 11.9. The highest BCUT2D eigenvalue weighted by Crippen LogP contribution is 2.50. The Balaban J connectivity index is 1.44. The number of ether oxygens (including phenoxy) is 2. The molecule has 0 unspecified atom stereocenters. The smallest absolute Gasteiger partial charge is 0.262 e. The van der Waals surface area contributed by atoms with Crippen molar-refractivity contribution in [2.45, 2.75) is 43.2 Å². The first-order chi connectivity index (χ1) is 16.9. The highest BCUT2D eigenvalue weighted by Gasteiger charge is 2.38. The highest BCUT2D eigenvalue weighted by atomic mass is 32.2. The van der Waals surface area contributed by atoms with Crippen LogP contribution in [-0.4, -0.2) is 21.6 Å². The van der Waals surface area contributed by atoms with Crippen molar-refractivity contribution in [2.75, 3.05) is 17.1 Å². The van der Waals surface area contributed by atoms with Crippen LogP contribution in [0.3, 0.4) is 0 Å². The van der Waals surface area contributed by atoms with E-state index in [1.165, 1.54) is 12.7 Å². The van der Waals surface area contributed by atoms with Crippen molar-refractivity contribution >= 4 is 21.4 Å². The fourth-order valence-corrected chi connectivity index (χ4v) is 6.13. The van der Waals surface area contributed by atoms with Crippen molar-refractivity contribution in [3.8, 4) is 11.5 Å². The minimum Gasteiger partial charge on any atom is -0.495 e. The summed E-state index contributed by atoms with van der Waals surface area (Å²) in [7, 11) is -2.26. The maximum atomic E-state index is 13.2. The van der Waals surface area contributed by atoms with Gasteiger partial charge < -0.3 is 14.8 Å². The van der Waals surface area contributed by atoms with Crippen LogP contribution in [0, 0.1) is 5.92 Å². The Bertz CT molecular complexity index is 1350. The van der Waals surface area contributed by atoms with Gasteiger partial charge in [0, 0.05) is 11.6 Å². The summed E-state index contributed by atoms with van der Waals surface area (Å²) < 4.78 is 40.2. The predicted octanol–water partition coefficient (Wildman–Crippen LogP) is 6.11. The van der Waals surface area contributed by atoms with Crippen LogP contribution in [0.1, 0.15) is 43.4 Å². The Labute approximate surface area is 207 Å². The lowest BCUT2D eigenvalue weighted by Gasteiger charge is -2.37. The topological polar surface area (TPSA) is 76.7 Å². The minimum atomic E-state index is -3.78. The average molecular weight is 491 g/mol. The summed E-state index contributed by atoms with van der Waals surface area (Å²) in [6.45, 7) is 4.03. The average Bonchev–Trinajstić information content (AvgIpc) is 3.34. The van der Waals surface area contributed by atoms with Gasteiger partial charge in [-0.2, -0.15) is 0 Å². The van der Waals surface area contributed by atoms with E-state index in [0.29, 0.717) is 17.4 Å². The van der Waals surface area contributed by atoms with Crippen LogP contribution in [0.5, 0.6) is 11.5 Å². The normalized spacial score (nSPS) is 20.6. The predicted molar refractivity (Wildman–Crippen MR) is 139 cm³/mol. The number of fused-ring (bicyclic) bond motifs is 3. The molecule has 0 saturated carbocycles. The fraction of sp³-hybridized carbons (Fsp3) is 0.286. The van der Waals surface area contributed by atoms with Crippen molar-refractivity contribution in [1.29, 1.82) is 0 Å². The molecule has 0 radical (unpaired) electrons. The maximum Gasteiger partial charge on any atom is 0.262 e. The molecule has 0 amide bonds. The van der Waals surface area contributed by atoms with Crippen LogP contribution in [0.4, 0.5) is 11.4 Å². The van der Waals surface area contributed by atoms with Crippen LogP contribution in [0.15, 0.2) is 83.8 Å². The lowest BCUT2D eigenvalue weighted by atomic mass is 9.77. The van der Waals surface area contributed by atoms with E-state index in [1.54, 1.807) is 36.4 Å². The van der Waals surface area contributed by atoms with Gasteiger partial charge in [0.05, 0.1) is 29.8 Å². The zero-order chi connectivity index (χ0) is 24.6. The molecular weight excluding hydrogens is 460 g/mol. The Morgan fingerprint density at radius 3 is 2.54 bits per heavy atom. The number of rotatable bonds is 7. The second-order valence-corrected chi connectivity index (χ2v) is 10.9. The van der Waals surface area contributed by atoms with E-state index >= 15 is 0 Å². The molecule has 0 saturated heterocycles. The van der Waals surface area contributed by atoms with Gasteiger partial charge in [0.15, 0.2) is 0 Å². The molecule has 1 aliphatic heterocycles. The molecule has 0 bridgehead atoms. The Hall–Kier alpha value is -3.45. The minimum absolute atomic E-state index is 0.129. The van der Waals surface area contributed by atoms with Gasteiger partial charge in [-0.3, -0.25) is 4.72 Å². The molecule has 1 aliphatic carbocycles. The van der Waals surface area contributed by atoms with Gasteiger partial charge in [0.25, 0.3) is 10.0 Å². The van der Waals surface area contributed by atoms with Crippen molar-refractivity contribution < 1.29 is 17.9 Å². The summed E-state index contributed by atoms with van der Waals surface area (Å²) in [4.78, 5) is 0.233. The fourth-order valence-electron chi connectivity index (χ4n) is 5.03. The second kappa shape index (κ2) is 9.30. The molecule has 3 aromatic carbocycles. The molecule has 2 aliphatic rings. The number of nitrogens with one attached hydrogen (secondary N) is 2. The molecule has 0 spiro atoms. The summed E-state index contributed by atoms with van der Waals surface area (Å²) in [5.41, 5.74) is 3.57. The SMILES string of the molecule is COc1ccccc1NS(=O)(=O)c1ccc2c(c1)[C@H]1C=CC[C@H]1[C@@H](c1ccc(OC(C)C)cc1)N2. The number of benzene rings is 3.